The van der Waals surface area contributed by atoms with Gasteiger partial charge in [0.15, 0.2) is 0 Å². The molecule has 4 nitrogen and oxygen atoms in total. The SMILES string of the molecule is Nc1cnn(Cc2cc(Cl)ccc2OCc2ccccc2)c1. The van der Waals surface area contributed by atoms with E-state index in [0.29, 0.717) is 23.9 Å². The van der Waals surface area contributed by atoms with Crippen molar-refractivity contribution in [3.05, 3.63) is 77.1 Å². The van der Waals surface area contributed by atoms with Crippen molar-refractivity contribution in [3.63, 3.8) is 0 Å². The van der Waals surface area contributed by atoms with Gasteiger partial charge in [0.25, 0.3) is 0 Å². The monoisotopic (exact) mass is 313 g/mol. The van der Waals surface area contributed by atoms with Gasteiger partial charge in [-0.05, 0) is 23.8 Å². The van der Waals surface area contributed by atoms with E-state index in [1.807, 2.05) is 48.5 Å². The van der Waals surface area contributed by atoms with E-state index in [2.05, 4.69) is 5.10 Å². The van der Waals surface area contributed by atoms with E-state index >= 15 is 0 Å². The normalized spacial score (nSPS) is 10.6. The van der Waals surface area contributed by atoms with Gasteiger partial charge in [0.1, 0.15) is 12.4 Å². The lowest BCUT2D eigenvalue weighted by Crippen LogP contribution is -2.04. The van der Waals surface area contributed by atoms with E-state index in [1.54, 1.807) is 17.1 Å². The summed E-state index contributed by atoms with van der Waals surface area (Å²) < 4.78 is 7.69. The molecular formula is C17H16ClN3O. The fourth-order valence-electron chi connectivity index (χ4n) is 2.19. The first kappa shape index (κ1) is 14.5. The van der Waals surface area contributed by atoms with Gasteiger partial charge in [-0.1, -0.05) is 41.9 Å². The molecular weight excluding hydrogens is 298 g/mol. The second kappa shape index (κ2) is 6.54. The number of nitrogen functional groups attached to an aromatic ring is 1. The van der Waals surface area contributed by atoms with Crippen LogP contribution in [0.1, 0.15) is 11.1 Å². The maximum absolute atomic E-state index is 6.10. The van der Waals surface area contributed by atoms with Gasteiger partial charge in [0.2, 0.25) is 0 Å². The van der Waals surface area contributed by atoms with E-state index in [9.17, 15) is 0 Å². The predicted octanol–water partition coefficient (Wildman–Crippen LogP) is 3.75. The number of nitrogens with two attached hydrogens (primary N) is 1. The topological polar surface area (TPSA) is 53.1 Å². The lowest BCUT2D eigenvalue weighted by atomic mass is 10.2. The Bertz CT molecular complexity index is 756. The maximum atomic E-state index is 6.10. The maximum Gasteiger partial charge on any atom is 0.124 e. The summed E-state index contributed by atoms with van der Waals surface area (Å²) >= 11 is 6.10. The summed E-state index contributed by atoms with van der Waals surface area (Å²) in [6.07, 6.45) is 3.40. The van der Waals surface area contributed by atoms with Crippen LogP contribution in [0.5, 0.6) is 5.75 Å². The molecule has 0 fully saturated rings. The van der Waals surface area contributed by atoms with Gasteiger partial charge in [-0.3, -0.25) is 4.68 Å². The van der Waals surface area contributed by atoms with E-state index in [1.165, 1.54) is 0 Å². The molecule has 2 N–H and O–H groups in total. The molecule has 1 aromatic heterocycles. The van der Waals surface area contributed by atoms with Gasteiger partial charge in [-0.15, -0.1) is 0 Å². The molecule has 22 heavy (non-hydrogen) atoms. The second-order valence-corrected chi connectivity index (χ2v) is 5.43. The number of nitrogens with zero attached hydrogens (tertiary/aromatic N) is 2. The Balaban J connectivity index is 1.78. The molecule has 0 amide bonds. The highest BCUT2D eigenvalue weighted by Gasteiger charge is 2.07. The molecule has 0 saturated heterocycles. The summed E-state index contributed by atoms with van der Waals surface area (Å²) in [5.74, 6) is 0.794. The molecule has 1 heterocycles. The van der Waals surface area contributed by atoms with Gasteiger partial charge in [-0.2, -0.15) is 5.10 Å². The van der Waals surface area contributed by atoms with Crippen LogP contribution in [0.2, 0.25) is 5.02 Å². The van der Waals surface area contributed by atoms with E-state index in [4.69, 9.17) is 22.1 Å². The first-order valence-corrected chi connectivity index (χ1v) is 7.31. The number of anilines is 1. The van der Waals surface area contributed by atoms with Crippen LogP contribution in [0.4, 0.5) is 5.69 Å². The highest BCUT2D eigenvalue weighted by atomic mass is 35.5. The number of aromatic nitrogens is 2. The van der Waals surface area contributed by atoms with Crippen molar-refractivity contribution in [2.75, 3.05) is 5.73 Å². The molecule has 2 aromatic carbocycles. The Hall–Kier alpha value is -2.46. The summed E-state index contributed by atoms with van der Waals surface area (Å²) in [5.41, 5.74) is 8.41. The number of halogens is 1. The Morgan fingerprint density at radius 3 is 2.68 bits per heavy atom. The van der Waals surface area contributed by atoms with Crippen LogP contribution in [-0.2, 0) is 13.2 Å². The third-order valence-electron chi connectivity index (χ3n) is 3.25. The molecule has 0 aliphatic heterocycles. The van der Waals surface area contributed by atoms with Gasteiger partial charge in [-0.25, -0.2) is 0 Å². The minimum absolute atomic E-state index is 0.511. The van der Waals surface area contributed by atoms with Crippen LogP contribution in [0.3, 0.4) is 0 Å². The van der Waals surface area contributed by atoms with Crippen molar-refractivity contribution in [3.8, 4) is 5.75 Å². The quantitative estimate of drug-likeness (QED) is 0.780. The van der Waals surface area contributed by atoms with Crippen LogP contribution >= 0.6 is 11.6 Å². The number of hydrogen-bond donors (Lipinski definition) is 1. The minimum atomic E-state index is 0.511. The van der Waals surface area contributed by atoms with Crippen molar-refractivity contribution in [2.24, 2.45) is 0 Å². The van der Waals surface area contributed by atoms with E-state index in [0.717, 1.165) is 16.9 Å². The summed E-state index contributed by atoms with van der Waals surface area (Å²) in [6.45, 7) is 1.07. The Kier molecular flexibility index (Phi) is 4.30. The fourth-order valence-corrected chi connectivity index (χ4v) is 2.38. The molecule has 0 saturated carbocycles. The zero-order valence-corrected chi connectivity index (χ0v) is 12.7. The first-order valence-electron chi connectivity index (χ1n) is 6.94. The molecule has 5 heteroatoms. The molecule has 0 spiro atoms. The van der Waals surface area contributed by atoms with Crippen LogP contribution in [0, 0.1) is 0 Å². The van der Waals surface area contributed by atoms with Crippen molar-refractivity contribution in [1.29, 1.82) is 0 Å². The third-order valence-corrected chi connectivity index (χ3v) is 3.48. The average molecular weight is 314 g/mol. The van der Waals surface area contributed by atoms with Gasteiger partial charge >= 0.3 is 0 Å². The third kappa shape index (κ3) is 3.59. The number of benzene rings is 2. The Labute approximate surface area is 134 Å². The van der Waals surface area contributed by atoms with Gasteiger partial charge < -0.3 is 10.5 Å². The molecule has 0 aliphatic rings. The zero-order chi connectivity index (χ0) is 15.4. The lowest BCUT2D eigenvalue weighted by Gasteiger charge is -2.12. The molecule has 0 atom stereocenters. The predicted molar refractivity (Wildman–Crippen MR) is 88.0 cm³/mol. The summed E-state index contributed by atoms with van der Waals surface area (Å²) in [7, 11) is 0. The fraction of sp³-hybridized carbons (Fsp3) is 0.118. The summed E-state index contributed by atoms with van der Waals surface area (Å²) in [5, 5.41) is 4.86. The van der Waals surface area contributed by atoms with E-state index < -0.39 is 0 Å². The van der Waals surface area contributed by atoms with Crippen LogP contribution in [0.15, 0.2) is 60.9 Å². The lowest BCUT2D eigenvalue weighted by molar-refractivity contribution is 0.302. The summed E-state index contributed by atoms with van der Waals surface area (Å²) in [6, 6.07) is 15.6. The molecule has 0 radical (unpaired) electrons. The largest absolute Gasteiger partial charge is 0.489 e. The number of ether oxygens (including phenoxy) is 1. The Morgan fingerprint density at radius 2 is 1.95 bits per heavy atom. The molecule has 0 unspecified atom stereocenters. The molecule has 3 aromatic rings. The number of hydrogen-bond acceptors (Lipinski definition) is 3. The summed E-state index contributed by atoms with van der Waals surface area (Å²) in [4.78, 5) is 0. The van der Waals surface area contributed by atoms with Crippen LogP contribution in [0.25, 0.3) is 0 Å². The highest BCUT2D eigenvalue weighted by Crippen LogP contribution is 2.25. The molecule has 0 aliphatic carbocycles. The van der Waals surface area contributed by atoms with Crippen LogP contribution in [-0.4, -0.2) is 9.78 Å². The van der Waals surface area contributed by atoms with Gasteiger partial charge in [0, 0.05) is 16.8 Å². The Morgan fingerprint density at radius 1 is 1.14 bits per heavy atom. The standard InChI is InChI=1S/C17H16ClN3O/c18-15-6-7-17(22-12-13-4-2-1-3-5-13)14(8-15)10-21-11-16(19)9-20-21/h1-9,11H,10,12,19H2. The van der Waals surface area contributed by atoms with Crippen molar-refractivity contribution in [1.82, 2.24) is 9.78 Å². The van der Waals surface area contributed by atoms with E-state index in [-0.39, 0.29) is 0 Å². The highest BCUT2D eigenvalue weighted by molar-refractivity contribution is 6.30. The smallest absolute Gasteiger partial charge is 0.124 e. The average Bonchev–Trinajstić information content (AvgIpc) is 2.93. The minimum Gasteiger partial charge on any atom is -0.489 e. The number of rotatable bonds is 5. The van der Waals surface area contributed by atoms with Crippen molar-refractivity contribution < 1.29 is 4.74 Å². The molecule has 0 bridgehead atoms. The molecule has 112 valence electrons. The van der Waals surface area contributed by atoms with Crippen molar-refractivity contribution >= 4 is 17.3 Å². The molecule has 3 rings (SSSR count). The first-order chi connectivity index (χ1) is 10.7. The van der Waals surface area contributed by atoms with Gasteiger partial charge in [0.05, 0.1) is 18.4 Å². The van der Waals surface area contributed by atoms with Crippen LogP contribution < -0.4 is 10.5 Å². The van der Waals surface area contributed by atoms with Crippen molar-refractivity contribution in [2.45, 2.75) is 13.2 Å². The zero-order valence-electron chi connectivity index (χ0n) is 11.9. The second-order valence-electron chi connectivity index (χ2n) is 5.00.